The predicted octanol–water partition coefficient (Wildman–Crippen LogP) is 5.03. The van der Waals surface area contributed by atoms with E-state index in [1.807, 2.05) is 72.8 Å². The van der Waals surface area contributed by atoms with Crippen LogP contribution in [0.5, 0.6) is 0 Å². The maximum atomic E-state index is 12.2. The second-order valence-electron chi connectivity index (χ2n) is 13.7. The maximum absolute atomic E-state index is 12.2. The molecule has 0 amide bonds. The van der Waals surface area contributed by atoms with Gasteiger partial charge in [-0.25, -0.2) is 0 Å². The number of carbonyl (C=O) groups excluding carboxylic acids is 4. The molecule has 3 aromatic rings. The Hall–Kier alpha value is -4.58. The van der Waals surface area contributed by atoms with E-state index in [1.165, 1.54) is 20.8 Å². The van der Waals surface area contributed by atoms with E-state index in [4.69, 9.17) is 51.1 Å². The molecule has 3 aromatic carbocycles. The van der Waals surface area contributed by atoms with Crippen LogP contribution in [0.15, 0.2) is 77.7 Å². The molecule has 4 N–H and O–H groups in total. The minimum atomic E-state index is -1.27. The second-order valence-corrected chi connectivity index (χ2v) is 15.2. The van der Waals surface area contributed by atoms with Gasteiger partial charge in [0.25, 0.3) is 0 Å². The highest BCUT2D eigenvalue weighted by atomic mass is 32.2. The molecule has 0 aliphatic carbocycles. The van der Waals surface area contributed by atoms with Crippen molar-refractivity contribution in [3.05, 3.63) is 95.1 Å². The maximum Gasteiger partial charge on any atom is 0.303 e. The Morgan fingerprint density at radius 1 is 0.772 bits per heavy atom. The molecule has 0 radical (unpaired) electrons. The standard InChI is InChI=1S/C41H48N2O12S2/c1-23(45)49-21-35-39(51-25(3)47)40(52-26(4)48)38(50-24(2)46)34(54-35)18-37(56)43-19-27-9-15-30(16-10-27)41-53-31(22-57-36-8-6-5-7-32(36)42)17-33(55-41)29-13-11-28(20-44)12-14-29/h5-16,31,33-35,38-41,44H,17-22,42H2,1-4H3,(H,43,56)/t31-,33+,34-,35+,38-,39+,40+,41?/m0/s1. The molecule has 0 aromatic heterocycles. The van der Waals surface area contributed by atoms with Gasteiger partial charge in [0.05, 0.1) is 23.8 Å². The van der Waals surface area contributed by atoms with Crippen LogP contribution in [-0.2, 0) is 65.5 Å². The Bertz CT molecular complexity index is 1860. The van der Waals surface area contributed by atoms with E-state index in [2.05, 4.69) is 5.32 Å². The Labute approximate surface area is 341 Å². The molecule has 1 unspecified atom stereocenters. The Morgan fingerprint density at radius 2 is 1.37 bits per heavy atom. The average molecular weight is 825 g/mol. The normalized spacial score (nSPS) is 24.4. The Balaban J connectivity index is 1.26. The fourth-order valence-electron chi connectivity index (χ4n) is 6.55. The van der Waals surface area contributed by atoms with Gasteiger partial charge in [-0.05, 0) is 28.8 Å². The third-order valence-corrected chi connectivity index (χ3v) is 10.7. The van der Waals surface area contributed by atoms with Crippen LogP contribution in [0.1, 0.15) is 75.2 Å². The summed E-state index contributed by atoms with van der Waals surface area (Å²) in [6.07, 6.45) is -6.15. The number of hydrogen-bond donors (Lipinski definition) is 3. The quantitative estimate of drug-likeness (QED) is 0.0607. The molecule has 2 heterocycles. The van der Waals surface area contributed by atoms with Crippen molar-refractivity contribution in [2.75, 3.05) is 18.1 Å². The number of aliphatic hydroxyl groups excluding tert-OH is 1. The first kappa shape index (κ1) is 43.5. The topological polar surface area (TPSA) is 191 Å². The first-order valence-corrected chi connectivity index (χ1v) is 19.8. The van der Waals surface area contributed by atoms with Crippen LogP contribution >= 0.6 is 24.0 Å². The zero-order valence-electron chi connectivity index (χ0n) is 32.1. The zero-order valence-corrected chi connectivity index (χ0v) is 33.8. The number of thioether (sulfide) groups is 1. The number of nitrogens with two attached hydrogens (primary N) is 1. The summed E-state index contributed by atoms with van der Waals surface area (Å²) in [4.78, 5) is 49.4. The van der Waals surface area contributed by atoms with Crippen molar-refractivity contribution in [2.45, 2.75) is 108 Å². The van der Waals surface area contributed by atoms with Crippen LogP contribution in [0.4, 0.5) is 5.69 Å². The smallest absolute Gasteiger partial charge is 0.303 e. The molecular weight excluding hydrogens is 777 g/mol. The molecule has 8 atom stereocenters. The fraction of sp³-hybridized carbons (Fsp3) is 0.439. The highest BCUT2D eigenvalue weighted by Gasteiger charge is 2.52. The number of para-hydroxylation sites is 1. The van der Waals surface area contributed by atoms with Crippen LogP contribution in [0.25, 0.3) is 0 Å². The lowest BCUT2D eigenvalue weighted by atomic mass is 9.92. The van der Waals surface area contributed by atoms with Crippen molar-refractivity contribution in [3.63, 3.8) is 0 Å². The minimum absolute atomic E-state index is 0.0188. The van der Waals surface area contributed by atoms with Gasteiger partial charge in [0, 0.05) is 69.0 Å². The summed E-state index contributed by atoms with van der Waals surface area (Å²) >= 11 is 7.32. The Kier molecular flexibility index (Phi) is 15.8. The summed E-state index contributed by atoms with van der Waals surface area (Å²) in [7, 11) is 0. The minimum Gasteiger partial charge on any atom is -0.463 e. The lowest BCUT2D eigenvalue weighted by molar-refractivity contribution is -0.251. The number of nitrogens with one attached hydrogen (secondary N) is 1. The fourth-order valence-corrected chi connectivity index (χ4v) is 7.77. The van der Waals surface area contributed by atoms with E-state index in [1.54, 1.807) is 11.8 Å². The van der Waals surface area contributed by atoms with E-state index >= 15 is 0 Å². The summed E-state index contributed by atoms with van der Waals surface area (Å²) in [6.45, 7) is 4.69. The SMILES string of the molecule is CC(=O)OC[C@H]1O[C@@H](CC(=S)NCc2ccc(C3O[C@H](CSc4ccccc4N)C[C@H](c4ccc(CO)cc4)O3)cc2)[C@H](OC(C)=O)[C@@H](OC(C)=O)[C@@H]1OC(C)=O. The number of carbonyl (C=O) groups is 4. The molecule has 2 saturated heterocycles. The van der Waals surface area contributed by atoms with Gasteiger partial charge in [-0.15, -0.1) is 11.8 Å². The summed E-state index contributed by atoms with van der Waals surface area (Å²) in [6, 6.07) is 23.2. The van der Waals surface area contributed by atoms with Gasteiger partial charge in [-0.3, -0.25) is 19.2 Å². The van der Waals surface area contributed by atoms with E-state index in [0.29, 0.717) is 29.4 Å². The van der Waals surface area contributed by atoms with Gasteiger partial charge >= 0.3 is 23.9 Å². The first-order valence-electron chi connectivity index (χ1n) is 18.4. The Morgan fingerprint density at radius 3 is 1.98 bits per heavy atom. The molecule has 0 spiro atoms. The van der Waals surface area contributed by atoms with Gasteiger partial charge in [0.1, 0.15) is 18.8 Å². The van der Waals surface area contributed by atoms with Crippen molar-refractivity contribution in [3.8, 4) is 0 Å². The van der Waals surface area contributed by atoms with Crippen molar-refractivity contribution < 1.29 is 57.4 Å². The third kappa shape index (κ3) is 12.7. The molecule has 5 rings (SSSR count). The van der Waals surface area contributed by atoms with Gasteiger partial charge in [0.2, 0.25) is 0 Å². The monoisotopic (exact) mass is 824 g/mol. The van der Waals surface area contributed by atoms with Gasteiger partial charge in [-0.2, -0.15) is 0 Å². The van der Waals surface area contributed by atoms with Crippen LogP contribution in [0, 0.1) is 0 Å². The number of esters is 4. The number of nitrogen functional groups attached to an aromatic ring is 1. The molecule has 2 aliphatic rings. The van der Waals surface area contributed by atoms with Gasteiger partial charge in [-0.1, -0.05) is 72.9 Å². The molecule has 57 heavy (non-hydrogen) atoms. The van der Waals surface area contributed by atoms with Crippen molar-refractivity contribution in [2.24, 2.45) is 0 Å². The number of ether oxygens (including phenoxy) is 7. The summed E-state index contributed by atoms with van der Waals surface area (Å²) < 4.78 is 40.9. The van der Waals surface area contributed by atoms with Crippen LogP contribution in [0.3, 0.4) is 0 Å². The molecule has 16 heteroatoms. The first-order chi connectivity index (χ1) is 27.3. The van der Waals surface area contributed by atoms with E-state index < -0.39 is 60.7 Å². The number of benzene rings is 3. The largest absolute Gasteiger partial charge is 0.463 e. The lowest BCUT2D eigenvalue weighted by Crippen LogP contribution is -2.62. The van der Waals surface area contributed by atoms with Crippen LogP contribution in [0.2, 0.25) is 0 Å². The van der Waals surface area contributed by atoms with E-state index in [9.17, 15) is 24.3 Å². The second kappa shape index (κ2) is 20.7. The predicted molar refractivity (Wildman–Crippen MR) is 212 cm³/mol. The third-order valence-electron chi connectivity index (χ3n) is 9.17. The number of hydrogen-bond acceptors (Lipinski definition) is 15. The molecule has 0 bridgehead atoms. The summed E-state index contributed by atoms with van der Waals surface area (Å²) in [5.41, 5.74) is 10.4. The van der Waals surface area contributed by atoms with Crippen LogP contribution < -0.4 is 11.1 Å². The van der Waals surface area contributed by atoms with Crippen molar-refractivity contribution in [1.82, 2.24) is 5.32 Å². The number of anilines is 1. The average Bonchev–Trinajstić information content (AvgIpc) is 3.18. The number of rotatable bonds is 15. The molecule has 306 valence electrons. The molecule has 2 fully saturated rings. The highest BCUT2D eigenvalue weighted by molar-refractivity contribution is 7.99. The van der Waals surface area contributed by atoms with Crippen molar-refractivity contribution in [1.29, 1.82) is 0 Å². The zero-order chi connectivity index (χ0) is 41.1. The highest BCUT2D eigenvalue weighted by Crippen LogP contribution is 2.40. The molecule has 2 aliphatic heterocycles. The number of thiocarbonyl (C=S) groups is 1. The van der Waals surface area contributed by atoms with Crippen molar-refractivity contribution >= 4 is 58.5 Å². The molecule has 0 saturated carbocycles. The molecular formula is C41H48N2O12S2. The summed E-state index contributed by atoms with van der Waals surface area (Å²) in [5.74, 6) is -2.05. The van der Waals surface area contributed by atoms with Gasteiger partial charge in [0.15, 0.2) is 24.6 Å². The molecule has 14 nitrogen and oxygen atoms in total. The van der Waals surface area contributed by atoms with Gasteiger partial charge < -0.3 is 49.3 Å². The lowest BCUT2D eigenvalue weighted by Gasteiger charge is -2.44. The van der Waals surface area contributed by atoms with E-state index in [0.717, 1.165) is 34.1 Å². The summed E-state index contributed by atoms with van der Waals surface area (Å²) in [5, 5.41) is 12.8. The van der Waals surface area contributed by atoms with Crippen LogP contribution in [-0.4, -0.2) is 83.0 Å². The van der Waals surface area contributed by atoms with E-state index in [-0.39, 0.29) is 31.8 Å². The number of aliphatic hydroxyl groups is 1.